The second kappa shape index (κ2) is 5.25. The Morgan fingerprint density at radius 3 is 2.16 bits per heavy atom. The zero-order valence-electron chi connectivity index (χ0n) is 10.3. The highest BCUT2D eigenvalue weighted by Gasteiger charge is 2.01. The first-order valence-electron chi connectivity index (χ1n) is 6.10. The number of hydrogen-bond acceptors (Lipinski definition) is 1. The summed E-state index contributed by atoms with van der Waals surface area (Å²) in [4.78, 5) is 4.34. The van der Waals surface area contributed by atoms with Gasteiger partial charge in [-0.2, -0.15) is 0 Å². The minimum absolute atomic E-state index is 0.756. The summed E-state index contributed by atoms with van der Waals surface area (Å²) in [6.45, 7) is 0. The molecule has 0 atom stereocenters. The number of nitrogens with zero attached hydrogens (tertiary/aromatic N) is 1. The monoisotopic (exact) mass is 265 g/mol. The lowest BCUT2D eigenvalue weighted by Crippen LogP contribution is -1.82. The molecule has 0 radical (unpaired) electrons. The van der Waals surface area contributed by atoms with Crippen molar-refractivity contribution in [3.05, 3.63) is 77.9 Å². The molecule has 0 saturated carbocycles. The van der Waals surface area contributed by atoms with E-state index in [-0.39, 0.29) is 0 Å². The minimum Gasteiger partial charge on any atom is -0.256 e. The van der Waals surface area contributed by atoms with Gasteiger partial charge in [-0.3, -0.25) is 4.98 Å². The van der Waals surface area contributed by atoms with Crippen LogP contribution in [0.5, 0.6) is 0 Å². The zero-order valence-corrected chi connectivity index (χ0v) is 11.0. The minimum atomic E-state index is 0.756. The molecule has 3 rings (SSSR count). The molecule has 92 valence electrons. The zero-order chi connectivity index (χ0) is 13.1. The second-order valence-corrected chi connectivity index (χ2v) is 4.74. The fourth-order valence-corrected chi connectivity index (χ4v) is 2.23. The largest absolute Gasteiger partial charge is 0.256 e. The average molecular weight is 266 g/mol. The maximum absolute atomic E-state index is 6.01. The van der Waals surface area contributed by atoms with Crippen molar-refractivity contribution in [2.75, 3.05) is 0 Å². The molecule has 0 aliphatic rings. The summed E-state index contributed by atoms with van der Waals surface area (Å²) in [5.74, 6) is 0. The first kappa shape index (κ1) is 11.9. The van der Waals surface area contributed by atoms with Gasteiger partial charge in [-0.15, -0.1) is 0 Å². The summed E-state index contributed by atoms with van der Waals surface area (Å²) in [6, 6.07) is 22.1. The molecular formula is C17H12ClN. The van der Waals surface area contributed by atoms with Crippen molar-refractivity contribution in [1.82, 2.24) is 4.98 Å². The van der Waals surface area contributed by atoms with Gasteiger partial charge in [0.05, 0.1) is 5.69 Å². The van der Waals surface area contributed by atoms with Crippen LogP contribution in [0.4, 0.5) is 0 Å². The topological polar surface area (TPSA) is 12.9 Å². The van der Waals surface area contributed by atoms with Gasteiger partial charge in [-0.05, 0) is 35.4 Å². The van der Waals surface area contributed by atoms with E-state index in [0.29, 0.717) is 0 Å². The Morgan fingerprint density at radius 2 is 1.47 bits per heavy atom. The van der Waals surface area contributed by atoms with Crippen LogP contribution >= 0.6 is 11.6 Å². The van der Waals surface area contributed by atoms with Gasteiger partial charge in [-0.1, -0.05) is 54.1 Å². The fourth-order valence-electron chi connectivity index (χ4n) is 2.04. The molecule has 0 spiro atoms. The van der Waals surface area contributed by atoms with Gasteiger partial charge in [-0.25, -0.2) is 0 Å². The van der Waals surface area contributed by atoms with Crippen molar-refractivity contribution in [1.29, 1.82) is 0 Å². The molecule has 0 N–H and O–H groups in total. The first-order valence-corrected chi connectivity index (χ1v) is 6.48. The van der Waals surface area contributed by atoms with Crippen LogP contribution in [0.3, 0.4) is 0 Å². The van der Waals surface area contributed by atoms with Crippen LogP contribution in [-0.2, 0) is 0 Å². The Bertz CT molecular complexity index is 675. The van der Waals surface area contributed by atoms with E-state index >= 15 is 0 Å². The van der Waals surface area contributed by atoms with Gasteiger partial charge in [0.15, 0.2) is 0 Å². The molecule has 19 heavy (non-hydrogen) atoms. The lowest BCUT2D eigenvalue weighted by Gasteiger charge is -2.04. The molecule has 0 aliphatic carbocycles. The summed E-state index contributed by atoms with van der Waals surface area (Å²) in [7, 11) is 0. The highest BCUT2D eigenvalue weighted by atomic mass is 35.5. The summed E-state index contributed by atoms with van der Waals surface area (Å²) in [5, 5.41) is 0.756. The third-order valence-electron chi connectivity index (χ3n) is 3.00. The Balaban J connectivity index is 1.95. The molecule has 1 heterocycles. The third-order valence-corrected chi connectivity index (χ3v) is 3.24. The van der Waals surface area contributed by atoms with Gasteiger partial charge >= 0.3 is 0 Å². The van der Waals surface area contributed by atoms with E-state index in [9.17, 15) is 0 Å². The molecule has 2 heteroatoms. The average Bonchev–Trinajstić information content (AvgIpc) is 2.48. The van der Waals surface area contributed by atoms with Crippen molar-refractivity contribution in [2.24, 2.45) is 0 Å². The highest BCUT2D eigenvalue weighted by molar-refractivity contribution is 6.30. The molecule has 1 aromatic heterocycles. The molecule has 1 nitrogen and oxygen atoms in total. The predicted molar refractivity (Wildman–Crippen MR) is 80.1 cm³/mol. The number of rotatable bonds is 2. The predicted octanol–water partition coefficient (Wildman–Crippen LogP) is 5.07. The van der Waals surface area contributed by atoms with Crippen LogP contribution in [0, 0.1) is 0 Å². The normalized spacial score (nSPS) is 10.4. The molecule has 0 fully saturated rings. The smallest absolute Gasteiger partial charge is 0.0701 e. The lowest BCUT2D eigenvalue weighted by molar-refractivity contribution is 1.33. The van der Waals surface area contributed by atoms with Gasteiger partial charge in [0, 0.05) is 16.8 Å². The van der Waals surface area contributed by atoms with Crippen LogP contribution in [-0.4, -0.2) is 4.98 Å². The van der Waals surface area contributed by atoms with E-state index in [1.54, 1.807) is 6.20 Å². The van der Waals surface area contributed by atoms with Crippen molar-refractivity contribution >= 4 is 11.6 Å². The SMILES string of the molecule is Clc1cccc(-c2ccc(-c3ccccn3)cc2)c1. The van der Waals surface area contributed by atoms with Crippen LogP contribution < -0.4 is 0 Å². The summed E-state index contributed by atoms with van der Waals surface area (Å²) in [6.07, 6.45) is 1.81. The van der Waals surface area contributed by atoms with Gasteiger partial charge in [0.1, 0.15) is 0 Å². The highest BCUT2D eigenvalue weighted by Crippen LogP contribution is 2.25. The van der Waals surface area contributed by atoms with E-state index in [2.05, 4.69) is 35.3 Å². The van der Waals surface area contributed by atoms with Gasteiger partial charge in [0.2, 0.25) is 0 Å². The molecule has 0 saturated heterocycles. The standard InChI is InChI=1S/C17H12ClN/c18-16-5-3-4-15(12-16)13-7-9-14(10-8-13)17-6-1-2-11-19-17/h1-12H. The molecule has 0 aliphatic heterocycles. The first-order chi connectivity index (χ1) is 9.33. The molecular weight excluding hydrogens is 254 g/mol. The van der Waals surface area contributed by atoms with Crippen LogP contribution in [0.25, 0.3) is 22.4 Å². The number of aromatic nitrogens is 1. The van der Waals surface area contributed by atoms with E-state index in [4.69, 9.17) is 11.6 Å². The maximum Gasteiger partial charge on any atom is 0.0701 e. The second-order valence-electron chi connectivity index (χ2n) is 4.30. The van der Waals surface area contributed by atoms with E-state index in [1.807, 2.05) is 36.4 Å². The maximum atomic E-state index is 6.01. The number of benzene rings is 2. The van der Waals surface area contributed by atoms with Gasteiger partial charge in [0.25, 0.3) is 0 Å². The Hall–Kier alpha value is -2.12. The molecule has 0 bridgehead atoms. The number of halogens is 1. The molecule has 3 aromatic rings. The van der Waals surface area contributed by atoms with Crippen molar-refractivity contribution in [3.63, 3.8) is 0 Å². The Kier molecular flexibility index (Phi) is 3.30. The number of pyridine rings is 1. The fraction of sp³-hybridized carbons (Fsp3) is 0. The lowest BCUT2D eigenvalue weighted by atomic mass is 10.0. The van der Waals surface area contributed by atoms with E-state index in [0.717, 1.165) is 27.4 Å². The molecule has 0 amide bonds. The Morgan fingerprint density at radius 1 is 0.684 bits per heavy atom. The summed E-state index contributed by atoms with van der Waals surface area (Å²) < 4.78 is 0. The van der Waals surface area contributed by atoms with Crippen molar-refractivity contribution < 1.29 is 0 Å². The summed E-state index contributed by atoms with van der Waals surface area (Å²) in [5.41, 5.74) is 4.38. The molecule has 2 aromatic carbocycles. The van der Waals surface area contributed by atoms with Crippen LogP contribution in [0.2, 0.25) is 5.02 Å². The summed E-state index contributed by atoms with van der Waals surface area (Å²) >= 11 is 6.01. The van der Waals surface area contributed by atoms with E-state index in [1.165, 1.54) is 0 Å². The van der Waals surface area contributed by atoms with Crippen LogP contribution in [0.1, 0.15) is 0 Å². The number of hydrogen-bond donors (Lipinski definition) is 0. The third kappa shape index (κ3) is 2.67. The van der Waals surface area contributed by atoms with Crippen LogP contribution in [0.15, 0.2) is 72.9 Å². The molecule has 0 unspecified atom stereocenters. The van der Waals surface area contributed by atoms with E-state index < -0.39 is 0 Å². The Labute approximate surface area is 117 Å². The van der Waals surface area contributed by atoms with Crippen molar-refractivity contribution in [3.8, 4) is 22.4 Å². The van der Waals surface area contributed by atoms with Gasteiger partial charge < -0.3 is 0 Å². The van der Waals surface area contributed by atoms with Crippen molar-refractivity contribution in [2.45, 2.75) is 0 Å². The quantitative estimate of drug-likeness (QED) is 0.630.